The van der Waals surface area contributed by atoms with Gasteiger partial charge in [-0.2, -0.15) is 5.10 Å². The fourth-order valence-corrected chi connectivity index (χ4v) is 1.91. The van der Waals surface area contributed by atoms with Crippen molar-refractivity contribution in [3.05, 3.63) is 41.7 Å². The molecule has 0 radical (unpaired) electrons. The Labute approximate surface area is 117 Å². The van der Waals surface area contributed by atoms with Crippen molar-refractivity contribution in [2.24, 2.45) is 7.05 Å². The third kappa shape index (κ3) is 2.90. The van der Waals surface area contributed by atoms with Crippen LogP contribution in [0.4, 0.5) is 11.4 Å². The van der Waals surface area contributed by atoms with E-state index in [-0.39, 0.29) is 5.56 Å². The summed E-state index contributed by atoms with van der Waals surface area (Å²) in [6.45, 7) is 0.416. The molecule has 0 unspecified atom stereocenters. The van der Waals surface area contributed by atoms with E-state index in [0.717, 1.165) is 11.4 Å². The molecule has 0 aliphatic rings. The summed E-state index contributed by atoms with van der Waals surface area (Å²) in [4.78, 5) is 13.1. The predicted molar refractivity (Wildman–Crippen MR) is 78.3 cm³/mol. The van der Waals surface area contributed by atoms with Crippen LogP contribution in [0.5, 0.6) is 0 Å². The van der Waals surface area contributed by atoms with E-state index >= 15 is 0 Å². The van der Waals surface area contributed by atoms with Gasteiger partial charge in [0.15, 0.2) is 0 Å². The molecule has 106 valence electrons. The lowest BCUT2D eigenvalue weighted by molar-refractivity contribution is 0.0695. The summed E-state index contributed by atoms with van der Waals surface area (Å²) in [5.74, 6) is -0.960. The van der Waals surface area contributed by atoms with Gasteiger partial charge in [-0.1, -0.05) is 0 Å². The summed E-state index contributed by atoms with van der Waals surface area (Å²) in [5, 5.41) is 16.3. The predicted octanol–water partition coefficient (Wildman–Crippen LogP) is 1.80. The van der Waals surface area contributed by atoms with Crippen molar-refractivity contribution in [3.8, 4) is 0 Å². The number of carbonyl (C=O) groups is 1. The summed E-state index contributed by atoms with van der Waals surface area (Å²) in [7, 11) is 5.70. The average Bonchev–Trinajstić information content (AvgIpc) is 2.78. The number of aryl methyl sites for hydroxylation is 1. The van der Waals surface area contributed by atoms with E-state index < -0.39 is 5.97 Å². The Balaban J connectivity index is 2.09. The number of aromatic carboxylic acids is 1. The summed E-state index contributed by atoms with van der Waals surface area (Å²) in [6.07, 6.45) is 1.37. The number of aromatic nitrogens is 2. The highest BCUT2D eigenvalue weighted by Gasteiger charge is 2.14. The van der Waals surface area contributed by atoms with Crippen molar-refractivity contribution in [2.75, 3.05) is 24.3 Å². The fraction of sp³-hybridized carbons (Fsp3) is 0.286. The highest BCUT2D eigenvalue weighted by atomic mass is 16.4. The number of benzene rings is 1. The molecule has 0 atom stereocenters. The van der Waals surface area contributed by atoms with E-state index in [4.69, 9.17) is 5.11 Å². The third-order valence-electron chi connectivity index (χ3n) is 3.14. The molecular weight excluding hydrogens is 256 g/mol. The second kappa shape index (κ2) is 5.64. The van der Waals surface area contributed by atoms with Gasteiger partial charge in [-0.25, -0.2) is 4.79 Å². The standard InChI is InChI=1S/C14H18N4O2/c1-17(2)11-6-4-10(5-7-11)15-9-13-12(14(19)20)8-16-18(13)3/h4-8,15H,9H2,1-3H3,(H,19,20). The first kappa shape index (κ1) is 13.9. The van der Waals surface area contributed by atoms with E-state index in [0.29, 0.717) is 12.2 Å². The molecule has 0 spiro atoms. The number of hydrogen-bond acceptors (Lipinski definition) is 4. The van der Waals surface area contributed by atoms with Crippen molar-refractivity contribution >= 4 is 17.3 Å². The molecule has 1 heterocycles. The Kier molecular flexibility index (Phi) is 3.93. The van der Waals surface area contributed by atoms with Gasteiger partial charge in [0.2, 0.25) is 0 Å². The van der Waals surface area contributed by atoms with Crippen LogP contribution in [-0.4, -0.2) is 35.0 Å². The largest absolute Gasteiger partial charge is 0.478 e. The highest BCUT2D eigenvalue weighted by Crippen LogP contribution is 2.17. The fourth-order valence-electron chi connectivity index (χ4n) is 1.91. The minimum atomic E-state index is -0.960. The molecule has 0 bridgehead atoms. The number of nitrogens with one attached hydrogen (secondary N) is 1. The molecule has 0 aliphatic heterocycles. The number of nitrogens with zero attached hydrogens (tertiary/aromatic N) is 3. The van der Waals surface area contributed by atoms with Crippen LogP contribution in [0.3, 0.4) is 0 Å². The van der Waals surface area contributed by atoms with Crippen LogP contribution in [0.1, 0.15) is 16.1 Å². The third-order valence-corrected chi connectivity index (χ3v) is 3.14. The Hall–Kier alpha value is -2.50. The van der Waals surface area contributed by atoms with E-state index in [2.05, 4.69) is 10.4 Å². The molecule has 2 aromatic rings. The monoisotopic (exact) mass is 274 g/mol. The first-order valence-corrected chi connectivity index (χ1v) is 6.24. The molecule has 0 fully saturated rings. The molecule has 1 aromatic heterocycles. The van der Waals surface area contributed by atoms with Crippen molar-refractivity contribution < 1.29 is 9.90 Å². The molecular formula is C14H18N4O2. The van der Waals surface area contributed by atoms with E-state index in [9.17, 15) is 4.79 Å². The molecule has 1 aromatic carbocycles. The van der Waals surface area contributed by atoms with Crippen LogP contribution in [0.25, 0.3) is 0 Å². The SMILES string of the molecule is CN(C)c1ccc(NCc2c(C(=O)O)cnn2C)cc1. The average molecular weight is 274 g/mol. The maximum Gasteiger partial charge on any atom is 0.339 e. The molecule has 20 heavy (non-hydrogen) atoms. The molecule has 0 aliphatic carbocycles. The van der Waals surface area contributed by atoms with Gasteiger partial charge in [-0.05, 0) is 24.3 Å². The van der Waals surface area contributed by atoms with Crippen molar-refractivity contribution in [1.29, 1.82) is 0 Å². The maximum absolute atomic E-state index is 11.1. The quantitative estimate of drug-likeness (QED) is 0.870. The van der Waals surface area contributed by atoms with Gasteiger partial charge in [0.1, 0.15) is 5.56 Å². The first-order chi connectivity index (χ1) is 9.49. The smallest absolute Gasteiger partial charge is 0.339 e. The minimum absolute atomic E-state index is 0.227. The van der Waals surface area contributed by atoms with E-state index in [1.165, 1.54) is 6.20 Å². The highest BCUT2D eigenvalue weighted by molar-refractivity contribution is 5.88. The van der Waals surface area contributed by atoms with Gasteiger partial charge >= 0.3 is 5.97 Å². The van der Waals surface area contributed by atoms with Crippen molar-refractivity contribution in [2.45, 2.75) is 6.54 Å². The Bertz CT molecular complexity index is 602. The van der Waals surface area contributed by atoms with Gasteiger partial charge < -0.3 is 15.3 Å². The van der Waals surface area contributed by atoms with E-state index in [1.54, 1.807) is 11.7 Å². The van der Waals surface area contributed by atoms with Crippen molar-refractivity contribution in [1.82, 2.24) is 9.78 Å². The maximum atomic E-state index is 11.1. The topological polar surface area (TPSA) is 70.4 Å². The minimum Gasteiger partial charge on any atom is -0.478 e. The normalized spacial score (nSPS) is 10.3. The van der Waals surface area contributed by atoms with Crippen LogP contribution >= 0.6 is 0 Å². The lowest BCUT2D eigenvalue weighted by Gasteiger charge is -2.13. The molecule has 0 saturated heterocycles. The van der Waals surface area contributed by atoms with Gasteiger partial charge in [0.05, 0.1) is 18.4 Å². The summed E-state index contributed by atoms with van der Waals surface area (Å²) in [5.41, 5.74) is 2.93. The molecule has 6 heteroatoms. The number of carboxylic acids is 1. The Morgan fingerprint density at radius 1 is 1.35 bits per heavy atom. The second-order valence-corrected chi connectivity index (χ2v) is 4.73. The van der Waals surface area contributed by atoms with Crippen LogP contribution in [0.15, 0.2) is 30.5 Å². The summed E-state index contributed by atoms with van der Waals surface area (Å²) >= 11 is 0. The Morgan fingerprint density at radius 2 is 2.00 bits per heavy atom. The number of carboxylic acid groups (broad SMARTS) is 1. The van der Waals surface area contributed by atoms with Gasteiger partial charge in [-0.15, -0.1) is 0 Å². The molecule has 0 saturated carbocycles. The zero-order chi connectivity index (χ0) is 14.7. The van der Waals surface area contributed by atoms with Gasteiger partial charge in [-0.3, -0.25) is 4.68 Å². The molecule has 2 N–H and O–H groups in total. The van der Waals surface area contributed by atoms with E-state index in [1.807, 2.05) is 43.3 Å². The number of anilines is 2. The molecule has 2 rings (SSSR count). The Morgan fingerprint density at radius 3 is 2.55 bits per heavy atom. The molecule has 0 amide bonds. The van der Waals surface area contributed by atoms with Crippen LogP contribution < -0.4 is 10.2 Å². The lowest BCUT2D eigenvalue weighted by atomic mass is 10.2. The zero-order valence-electron chi connectivity index (χ0n) is 11.8. The second-order valence-electron chi connectivity index (χ2n) is 4.73. The van der Waals surface area contributed by atoms with Crippen LogP contribution in [0.2, 0.25) is 0 Å². The van der Waals surface area contributed by atoms with Gasteiger partial charge in [0.25, 0.3) is 0 Å². The van der Waals surface area contributed by atoms with Crippen LogP contribution in [-0.2, 0) is 13.6 Å². The first-order valence-electron chi connectivity index (χ1n) is 6.24. The summed E-state index contributed by atoms with van der Waals surface area (Å²) in [6, 6.07) is 7.94. The summed E-state index contributed by atoms with van der Waals surface area (Å²) < 4.78 is 1.57. The lowest BCUT2D eigenvalue weighted by Crippen LogP contribution is -2.11. The van der Waals surface area contributed by atoms with Crippen LogP contribution in [0, 0.1) is 0 Å². The van der Waals surface area contributed by atoms with Gasteiger partial charge in [0, 0.05) is 32.5 Å². The molecule has 6 nitrogen and oxygen atoms in total. The van der Waals surface area contributed by atoms with Crippen molar-refractivity contribution in [3.63, 3.8) is 0 Å². The number of rotatable bonds is 5. The number of hydrogen-bond donors (Lipinski definition) is 2. The zero-order valence-corrected chi connectivity index (χ0v) is 11.8.